The second kappa shape index (κ2) is 5.17. The third-order valence-electron chi connectivity index (χ3n) is 2.14. The van der Waals surface area contributed by atoms with E-state index in [1.165, 1.54) is 6.26 Å². The summed E-state index contributed by atoms with van der Waals surface area (Å²) in [5.74, 6) is 0. The van der Waals surface area contributed by atoms with E-state index in [0.29, 0.717) is 26.4 Å². The summed E-state index contributed by atoms with van der Waals surface area (Å²) in [5, 5.41) is 9.51. The molecule has 0 fully saturated rings. The number of halogens is 2. The first kappa shape index (κ1) is 11.9. The minimum absolute atomic E-state index is 0.334. The lowest BCUT2D eigenvalue weighted by Gasteiger charge is -2.01. The molecular weight excluding hydrogens is 304 g/mol. The van der Waals surface area contributed by atoms with Crippen molar-refractivity contribution in [1.29, 1.82) is 5.26 Å². The molecule has 0 atom stereocenters. The van der Waals surface area contributed by atoms with Crippen molar-refractivity contribution in [1.82, 2.24) is 4.98 Å². The van der Waals surface area contributed by atoms with E-state index < -0.39 is 0 Å². The van der Waals surface area contributed by atoms with Gasteiger partial charge in [0.15, 0.2) is 4.67 Å². The van der Waals surface area contributed by atoms with Gasteiger partial charge in [0.2, 0.25) is 0 Å². The molecular formula is C12H6BrClN2O. The summed E-state index contributed by atoms with van der Waals surface area (Å²) < 4.78 is 5.59. The van der Waals surface area contributed by atoms with Gasteiger partial charge in [-0.1, -0.05) is 17.7 Å². The molecule has 0 unspecified atom stereocenters. The van der Waals surface area contributed by atoms with E-state index in [4.69, 9.17) is 16.0 Å². The third-order valence-corrected chi connectivity index (χ3v) is 3.14. The average Bonchev–Trinajstić information content (AvgIpc) is 2.77. The highest BCUT2D eigenvalue weighted by Gasteiger charge is 2.13. The number of hydrogen-bond donors (Lipinski definition) is 0. The summed E-state index contributed by atoms with van der Waals surface area (Å²) in [6.45, 7) is 0. The van der Waals surface area contributed by atoms with E-state index in [9.17, 15) is 5.26 Å². The van der Waals surface area contributed by atoms with Gasteiger partial charge in [-0.25, -0.2) is 0 Å². The van der Waals surface area contributed by atoms with Crippen molar-refractivity contribution in [2.24, 2.45) is 0 Å². The molecule has 0 spiro atoms. The monoisotopic (exact) mass is 308 g/mol. The van der Waals surface area contributed by atoms with Crippen LogP contribution < -0.4 is 0 Å². The van der Waals surface area contributed by atoms with E-state index in [1.807, 2.05) is 0 Å². The predicted octanol–water partition coefficient (Wildman–Crippen LogP) is 4.07. The average molecular weight is 310 g/mol. The van der Waals surface area contributed by atoms with Crippen molar-refractivity contribution in [2.45, 2.75) is 0 Å². The molecule has 2 aromatic heterocycles. The van der Waals surface area contributed by atoms with Gasteiger partial charge in [-0.2, -0.15) is 5.26 Å². The van der Waals surface area contributed by atoms with Crippen molar-refractivity contribution < 1.29 is 4.42 Å². The smallest absolute Gasteiger partial charge is 0.177 e. The Morgan fingerprint density at radius 2 is 2.29 bits per heavy atom. The molecule has 2 heterocycles. The van der Waals surface area contributed by atoms with Crippen molar-refractivity contribution >= 4 is 38.1 Å². The highest BCUT2D eigenvalue weighted by atomic mass is 79.9. The van der Waals surface area contributed by atoms with Gasteiger partial charge >= 0.3 is 0 Å². The fraction of sp³-hybridized carbons (Fsp3) is 0. The quantitative estimate of drug-likeness (QED) is 0.786. The lowest BCUT2D eigenvalue weighted by atomic mass is 10.1. The fourth-order valence-corrected chi connectivity index (χ4v) is 2.19. The van der Waals surface area contributed by atoms with E-state index in [2.05, 4.69) is 27.0 Å². The van der Waals surface area contributed by atoms with E-state index in [0.717, 1.165) is 0 Å². The predicted molar refractivity (Wildman–Crippen MR) is 68.9 cm³/mol. The van der Waals surface area contributed by atoms with Gasteiger partial charge < -0.3 is 4.42 Å². The molecule has 0 N–H and O–H groups in total. The summed E-state index contributed by atoms with van der Waals surface area (Å²) in [4.78, 5) is 3.96. The van der Waals surface area contributed by atoms with Gasteiger partial charge in [-0.15, -0.1) is 0 Å². The molecule has 0 amide bonds. The zero-order valence-electron chi connectivity index (χ0n) is 8.52. The van der Waals surface area contributed by atoms with Crippen molar-refractivity contribution in [3.05, 3.63) is 52.7 Å². The van der Waals surface area contributed by atoms with Crippen LogP contribution in [0.4, 0.5) is 0 Å². The Morgan fingerprint density at radius 1 is 1.47 bits per heavy atom. The lowest BCUT2D eigenvalue weighted by Crippen LogP contribution is -1.86. The first-order valence-corrected chi connectivity index (χ1v) is 5.84. The molecule has 3 nitrogen and oxygen atoms in total. The van der Waals surface area contributed by atoms with Crippen LogP contribution in [0.5, 0.6) is 0 Å². The zero-order valence-corrected chi connectivity index (χ0v) is 10.9. The highest BCUT2D eigenvalue weighted by molar-refractivity contribution is 9.10. The Morgan fingerprint density at radius 3 is 2.82 bits per heavy atom. The normalized spacial score (nSPS) is 11.8. The molecule has 0 aliphatic heterocycles. The Kier molecular flexibility index (Phi) is 3.62. The number of furan rings is 1. The largest absolute Gasteiger partial charge is 0.457 e. The number of pyridine rings is 1. The van der Waals surface area contributed by atoms with E-state index >= 15 is 0 Å². The second-order valence-electron chi connectivity index (χ2n) is 3.15. The van der Waals surface area contributed by atoms with Gasteiger partial charge in [0.25, 0.3) is 0 Å². The fourth-order valence-electron chi connectivity index (χ4n) is 1.34. The second-order valence-corrected chi connectivity index (χ2v) is 4.25. The Bertz CT molecular complexity index is 598. The molecule has 0 aliphatic rings. The summed E-state index contributed by atoms with van der Waals surface area (Å²) >= 11 is 9.42. The van der Waals surface area contributed by atoms with E-state index in [1.54, 1.807) is 30.6 Å². The number of rotatable bonds is 2. The number of hydrogen-bond acceptors (Lipinski definition) is 3. The molecule has 0 bridgehead atoms. The maximum Gasteiger partial charge on any atom is 0.177 e. The number of nitriles is 1. The molecule has 5 heteroatoms. The summed E-state index contributed by atoms with van der Waals surface area (Å²) in [6.07, 6.45) is 4.73. The molecule has 2 aromatic rings. The standard InChI is InChI=1S/C12H6BrClN2O/c13-12-9(3-5-17-12)11(14)10(6-15)8-2-1-4-16-7-8/h1-5,7H/b11-10-. The first-order chi connectivity index (χ1) is 8.24. The molecule has 0 saturated heterocycles. The summed E-state index contributed by atoms with van der Waals surface area (Å²) in [5.41, 5.74) is 1.68. The molecule has 17 heavy (non-hydrogen) atoms. The minimum Gasteiger partial charge on any atom is -0.457 e. The van der Waals surface area contributed by atoms with Crippen LogP contribution in [0.3, 0.4) is 0 Å². The SMILES string of the molecule is N#C/C(=C(/Cl)c1ccoc1Br)c1cccnc1. The van der Waals surface area contributed by atoms with Crippen LogP contribution in [-0.4, -0.2) is 4.98 Å². The van der Waals surface area contributed by atoms with Gasteiger partial charge in [-0.05, 0) is 28.1 Å². The molecule has 0 aliphatic carbocycles. The summed E-state index contributed by atoms with van der Waals surface area (Å²) in [6, 6.07) is 7.30. The van der Waals surface area contributed by atoms with Crippen LogP contribution in [0.1, 0.15) is 11.1 Å². The highest BCUT2D eigenvalue weighted by Crippen LogP contribution is 2.33. The third kappa shape index (κ3) is 2.41. The van der Waals surface area contributed by atoms with Gasteiger partial charge in [0.1, 0.15) is 6.07 Å². The first-order valence-electron chi connectivity index (χ1n) is 4.67. The van der Waals surface area contributed by atoms with Crippen LogP contribution >= 0.6 is 27.5 Å². The Hall–Kier alpha value is -1.57. The van der Waals surface area contributed by atoms with Crippen LogP contribution in [0.2, 0.25) is 0 Å². The van der Waals surface area contributed by atoms with Crippen molar-refractivity contribution in [2.75, 3.05) is 0 Å². The topological polar surface area (TPSA) is 49.8 Å². The molecule has 0 aromatic carbocycles. The molecule has 84 valence electrons. The zero-order chi connectivity index (χ0) is 12.3. The Balaban J connectivity index is 2.57. The molecule has 0 radical (unpaired) electrons. The number of nitrogens with zero attached hydrogens (tertiary/aromatic N) is 2. The van der Waals surface area contributed by atoms with Crippen molar-refractivity contribution in [3.8, 4) is 6.07 Å². The molecule has 2 rings (SSSR count). The van der Waals surface area contributed by atoms with Gasteiger partial charge in [0, 0.05) is 23.5 Å². The van der Waals surface area contributed by atoms with E-state index in [-0.39, 0.29) is 0 Å². The Labute approximate surface area is 111 Å². The van der Waals surface area contributed by atoms with Crippen LogP contribution in [0.15, 0.2) is 45.9 Å². The number of allylic oxidation sites excluding steroid dienone is 1. The van der Waals surface area contributed by atoms with Crippen molar-refractivity contribution in [3.63, 3.8) is 0 Å². The minimum atomic E-state index is 0.334. The van der Waals surface area contributed by atoms with Gasteiger partial charge in [-0.3, -0.25) is 4.98 Å². The lowest BCUT2D eigenvalue weighted by molar-refractivity contribution is 0.540. The van der Waals surface area contributed by atoms with Crippen LogP contribution in [0.25, 0.3) is 10.6 Å². The maximum atomic E-state index is 9.17. The number of aromatic nitrogens is 1. The van der Waals surface area contributed by atoms with Gasteiger partial charge in [0.05, 0.1) is 16.9 Å². The van der Waals surface area contributed by atoms with Crippen LogP contribution in [0, 0.1) is 11.3 Å². The van der Waals surface area contributed by atoms with Crippen LogP contribution in [-0.2, 0) is 0 Å². The maximum absolute atomic E-state index is 9.17. The molecule has 0 saturated carbocycles. The summed E-state index contributed by atoms with van der Waals surface area (Å²) in [7, 11) is 0.